The molecule has 1 heterocycles. The number of allylic oxidation sites excluding steroid dienone is 2. The molecule has 0 aliphatic heterocycles. The topological polar surface area (TPSA) is 45.3 Å². The Bertz CT molecular complexity index is 661. The second kappa shape index (κ2) is 7.50. The van der Waals surface area contributed by atoms with E-state index < -0.39 is 0 Å². The molecule has 0 bridgehead atoms. The number of likely N-dealkylation sites (N-methyl/N-ethyl adjacent to an activating group) is 1. The third kappa shape index (κ3) is 3.58. The van der Waals surface area contributed by atoms with E-state index in [-0.39, 0.29) is 5.91 Å². The van der Waals surface area contributed by atoms with Gasteiger partial charge < -0.3 is 14.6 Å². The molecule has 1 aromatic carbocycles. The molecule has 22 heavy (non-hydrogen) atoms. The first-order chi connectivity index (χ1) is 10.7. The van der Waals surface area contributed by atoms with Crippen LogP contribution in [-0.4, -0.2) is 36.0 Å². The molecular formula is C18H22N2O2. The number of nitrogens with zero attached hydrogens (tertiary/aromatic N) is 1. The number of methoxy groups -OCH3 is 1. The summed E-state index contributed by atoms with van der Waals surface area (Å²) in [5.74, 6) is 0.254. The largest absolute Gasteiger partial charge is 0.491 e. The first-order valence-electron chi connectivity index (χ1n) is 7.49. The third-order valence-electron chi connectivity index (χ3n) is 3.56. The van der Waals surface area contributed by atoms with Crippen molar-refractivity contribution in [3.63, 3.8) is 0 Å². The fraction of sp³-hybridized carbons (Fsp3) is 0.278. The highest BCUT2D eigenvalue weighted by Gasteiger charge is 2.14. The molecule has 1 N–H and O–H groups in total. The zero-order valence-corrected chi connectivity index (χ0v) is 13.3. The summed E-state index contributed by atoms with van der Waals surface area (Å²) in [6.07, 6.45) is 5.45. The van der Waals surface area contributed by atoms with Crippen molar-refractivity contribution in [1.29, 1.82) is 0 Å². The molecule has 4 nitrogen and oxygen atoms in total. The first-order valence-corrected chi connectivity index (χ1v) is 7.49. The monoisotopic (exact) mass is 298 g/mol. The molecule has 2 aromatic rings. The number of fused-ring (bicyclic) bond motifs is 1. The van der Waals surface area contributed by atoms with Gasteiger partial charge in [0.25, 0.3) is 5.91 Å². The molecule has 4 heteroatoms. The molecule has 1 amide bonds. The molecular weight excluding hydrogens is 276 g/mol. The maximum atomic E-state index is 12.2. The Morgan fingerprint density at radius 2 is 2.00 bits per heavy atom. The average Bonchev–Trinajstić information content (AvgIpc) is 2.95. The van der Waals surface area contributed by atoms with Crippen molar-refractivity contribution >= 4 is 22.9 Å². The zero-order chi connectivity index (χ0) is 15.9. The molecule has 2 rings (SSSR count). The van der Waals surface area contributed by atoms with Gasteiger partial charge in [-0.15, -0.1) is 0 Å². The number of carbonyl (C=O) groups excluding carboxylic acids is 1. The SMILES string of the molecule is CCN(CC)C(=O)/C(=C/C=C/c1cc2ccccc2[nH]1)OC. The first kappa shape index (κ1) is 15.9. The van der Waals surface area contributed by atoms with Crippen LogP contribution in [0, 0.1) is 0 Å². The summed E-state index contributed by atoms with van der Waals surface area (Å²) in [6, 6.07) is 10.2. The fourth-order valence-electron chi connectivity index (χ4n) is 2.32. The second-order valence-electron chi connectivity index (χ2n) is 4.88. The predicted molar refractivity (Wildman–Crippen MR) is 90.4 cm³/mol. The number of para-hydroxylation sites is 1. The number of amides is 1. The number of nitrogens with one attached hydrogen (secondary N) is 1. The van der Waals surface area contributed by atoms with Crippen LogP contribution in [0.3, 0.4) is 0 Å². The number of aromatic nitrogens is 1. The Kier molecular flexibility index (Phi) is 5.42. The van der Waals surface area contributed by atoms with Gasteiger partial charge in [0.15, 0.2) is 5.76 Å². The predicted octanol–water partition coefficient (Wildman–Crippen LogP) is 3.58. The lowest BCUT2D eigenvalue weighted by atomic mass is 10.2. The number of hydrogen-bond donors (Lipinski definition) is 1. The molecule has 0 atom stereocenters. The summed E-state index contributed by atoms with van der Waals surface area (Å²) in [6.45, 7) is 5.24. The summed E-state index contributed by atoms with van der Waals surface area (Å²) < 4.78 is 5.20. The molecule has 0 saturated heterocycles. The number of rotatable bonds is 6. The normalized spacial score (nSPS) is 12.0. The molecule has 0 saturated carbocycles. The second-order valence-corrected chi connectivity index (χ2v) is 4.88. The van der Waals surface area contributed by atoms with Crippen LogP contribution in [0.2, 0.25) is 0 Å². The fourth-order valence-corrected chi connectivity index (χ4v) is 2.32. The van der Waals surface area contributed by atoms with Crippen molar-refractivity contribution in [2.24, 2.45) is 0 Å². The summed E-state index contributed by atoms with van der Waals surface area (Å²) in [4.78, 5) is 17.2. The van der Waals surface area contributed by atoms with Crippen molar-refractivity contribution < 1.29 is 9.53 Å². The van der Waals surface area contributed by atoms with Crippen molar-refractivity contribution in [3.8, 4) is 0 Å². The maximum absolute atomic E-state index is 12.2. The van der Waals surface area contributed by atoms with E-state index >= 15 is 0 Å². The lowest BCUT2D eigenvalue weighted by Gasteiger charge is -2.19. The molecule has 0 radical (unpaired) electrons. The Labute approximate surface area is 131 Å². The van der Waals surface area contributed by atoms with Crippen molar-refractivity contribution in [1.82, 2.24) is 9.88 Å². The number of ether oxygens (including phenoxy) is 1. The lowest BCUT2D eigenvalue weighted by molar-refractivity contribution is -0.129. The Morgan fingerprint density at radius 3 is 2.64 bits per heavy atom. The van der Waals surface area contributed by atoms with Crippen LogP contribution >= 0.6 is 0 Å². The Balaban J connectivity index is 2.15. The van der Waals surface area contributed by atoms with Crippen LogP contribution in [0.5, 0.6) is 0 Å². The number of aromatic amines is 1. The summed E-state index contributed by atoms with van der Waals surface area (Å²) >= 11 is 0. The van der Waals surface area contributed by atoms with Gasteiger partial charge in [-0.1, -0.05) is 24.3 Å². The van der Waals surface area contributed by atoms with E-state index in [2.05, 4.69) is 17.1 Å². The highest BCUT2D eigenvalue weighted by molar-refractivity contribution is 5.92. The highest BCUT2D eigenvalue weighted by Crippen LogP contribution is 2.15. The number of carbonyl (C=O) groups is 1. The molecule has 0 fully saturated rings. The van der Waals surface area contributed by atoms with Gasteiger partial charge in [0, 0.05) is 24.3 Å². The van der Waals surface area contributed by atoms with Gasteiger partial charge in [0.1, 0.15) is 0 Å². The van der Waals surface area contributed by atoms with Crippen LogP contribution in [0.25, 0.3) is 17.0 Å². The number of H-pyrrole nitrogens is 1. The number of hydrogen-bond acceptors (Lipinski definition) is 2. The van der Waals surface area contributed by atoms with Gasteiger partial charge in [-0.05, 0) is 43.5 Å². The van der Waals surface area contributed by atoms with Crippen LogP contribution in [-0.2, 0) is 9.53 Å². The van der Waals surface area contributed by atoms with Gasteiger partial charge in [-0.2, -0.15) is 0 Å². The molecule has 116 valence electrons. The smallest absolute Gasteiger partial charge is 0.288 e. The Hall–Kier alpha value is -2.49. The van der Waals surface area contributed by atoms with Gasteiger partial charge in [-0.3, -0.25) is 4.79 Å². The van der Waals surface area contributed by atoms with Crippen molar-refractivity contribution in [2.75, 3.05) is 20.2 Å². The van der Waals surface area contributed by atoms with Crippen molar-refractivity contribution in [2.45, 2.75) is 13.8 Å². The minimum atomic E-state index is -0.0891. The van der Waals surface area contributed by atoms with Gasteiger partial charge in [-0.25, -0.2) is 0 Å². The van der Waals surface area contributed by atoms with E-state index in [0.29, 0.717) is 18.8 Å². The van der Waals surface area contributed by atoms with Gasteiger partial charge in [0.2, 0.25) is 0 Å². The van der Waals surface area contributed by atoms with Crippen LogP contribution < -0.4 is 0 Å². The van der Waals surface area contributed by atoms with E-state index in [4.69, 9.17) is 4.74 Å². The van der Waals surface area contributed by atoms with Crippen LogP contribution in [0.4, 0.5) is 0 Å². The molecule has 0 aliphatic rings. The van der Waals surface area contributed by atoms with Crippen molar-refractivity contribution in [3.05, 3.63) is 53.9 Å². The highest BCUT2D eigenvalue weighted by atomic mass is 16.5. The standard InChI is InChI=1S/C18H22N2O2/c1-4-20(5-2)18(21)17(22-3)12-8-10-15-13-14-9-6-7-11-16(14)19-15/h6-13,19H,4-5H2,1-3H3/b10-8+,17-12-. The van der Waals surface area contributed by atoms with Gasteiger partial charge >= 0.3 is 0 Å². The minimum absolute atomic E-state index is 0.0891. The van der Waals surface area contributed by atoms with Crippen LogP contribution in [0.1, 0.15) is 19.5 Å². The van der Waals surface area contributed by atoms with Gasteiger partial charge in [0.05, 0.1) is 7.11 Å². The molecule has 0 unspecified atom stereocenters. The summed E-state index contributed by atoms with van der Waals surface area (Å²) in [7, 11) is 1.52. The van der Waals surface area contributed by atoms with E-state index in [1.165, 1.54) is 7.11 Å². The van der Waals surface area contributed by atoms with Crippen LogP contribution in [0.15, 0.2) is 48.2 Å². The summed E-state index contributed by atoms with van der Waals surface area (Å²) in [5.41, 5.74) is 2.08. The third-order valence-corrected chi connectivity index (χ3v) is 3.56. The minimum Gasteiger partial charge on any atom is -0.491 e. The molecule has 0 aliphatic carbocycles. The zero-order valence-electron chi connectivity index (χ0n) is 13.3. The number of benzene rings is 1. The van der Waals surface area contributed by atoms with E-state index in [0.717, 1.165) is 16.6 Å². The molecule has 0 spiro atoms. The summed E-state index contributed by atoms with van der Waals surface area (Å²) in [5, 5.41) is 1.16. The average molecular weight is 298 g/mol. The lowest BCUT2D eigenvalue weighted by Crippen LogP contribution is -2.32. The van der Waals surface area contributed by atoms with E-state index in [1.54, 1.807) is 11.0 Å². The van der Waals surface area contributed by atoms with E-state index in [1.807, 2.05) is 44.2 Å². The van der Waals surface area contributed by atoms with E-state index in [9.17, 15) is 4.79 Å². The Morgan fingerprint density at radius 1 is 1.27 bits per heavy atom. The quantitative estimate of drug-likeness (QED) is 0.503. The molecule has 1 aromatic heterocycles. The maximum Gasteiger partial charge on any atom is 0.288 e.